The van der Waals surface area contributed by atoms with Crippen molar-refractivity contribution >= 4 is 11.7 Å². The van der Waals surface area contributed by atoms with Crippen LogP contribution in [0.1, 0.15) is 124 Å². The van der Waals surface area contributed by atoms with Gasteiger partial charge in [-0.1, -0.05) is 78.6 Å². The summed E-state index contributed by atoms with van der Waals surface area (Å²) < 4.78 is 0. The van der Waals surface area contributed by atoms with Crippen molar-refractivity contribution in [3.05, 3.63) is 0 Å². The third-order valence-corrected chi connectivity index (χ3v) is 8.16. The fourth-order valence-corrected chi connectivity index (χ4v) is 6.17. The second kappa shape index (κ2) is 15.0. The van der Waals surface area contributed by atoms with Gasteiger partial charge in [-0.15, -0.1) is 0 Å². The zero-order valence-electron chi connectivity index (χ0n) is 22.4. The van der Waals surface area contributed by atoms with Crippen LogP contribution in [-0.4, -0.2) is 60.2 Å². The molecule has 0 saturated carbocycles. The molecule has 33 heavy (non-hydrogen) atoms. The van der Waals surface area contributed by atoms with Gasteiger partial charge in [0.25, 0.3) is 0 Å². The van der Waals surface area contributed by atoms with Crippen molar-refractivity contribution in [2.24, 2.45) is 21.8 Å². The van der Waals surface area contributed by atoms with Gasteiger partial charge in [0.1, 0.15) is 5.84 Å². The molecular weight excluding hydrogens is 404 g/mol. The minimum atomic E-state index is 0.767. The van der Waals surface area contributed by atoms with E-state index in [4.69, 9.17) is 9.98 Å². The molecule has 190 valence electrons. The van der Waals surface area contributed by atoms with E-state index in [-0.39, 0.29) is 0 Å². The number of hydrogen-bond donors (Lipinski definition) is 0. The molecule has 4 nitrogen and oxygen atoms in total. The van der Waals surface area contributed by atoms with Crippen molar-refractivity contribution in [1.29, 1.82) is 0 Å². The standard InChI is InChI=1S/C17H32N2.C12H22N2/c1-2-3-4-5-6-8-11-16-13-14-18-17-12-9-7-10-15-19(16)17;1-3-4-5-11-6-7-14-9-10(2)8-13-12(11)14/h16H,2-15H2,1H3;10-11H,3-9H2,1-2H3. The Labute approximate surface area is 205 Å². The summed E-state index contributed by atoms with van der Waals surface area (Å²) in [5.41, 5.74) is 0. The quantitative estimate of drug-likeness (QED) is 0.321. The third kappa shape index (κ3) is 8.58. The molecule has 0 aromatic carbocycles. The van der Waals surface area contributed by atoms with E-state index in [1.807, 2.05) is 0 Å². The van der Waals surface area contributed by atoms with Gasteiger partial charge in [0.05, 0.1) is 5.84 Å². The number of amidine groups is 2. The molecule has 0 bridgehead atoms. The first-order valence-corrected chi connectivity index (χ1v) is 14.8. The highest BCUT2D eigenvalue weighted by molar-refractivity contribution is 5.87. The van der Waals surface area contributed by atoms with Gasteiger partial charge in [0.2, 0.25) is 0 Å². The average Bonchev–Trinajstić information content (AvgIpc) is 3.06. The van der Waals surface area contributed by atoms with Crippen LogP contribution in [0.15, 0.2) is 9.98 Å². The van der Waals surface area contributed by atoms with Crippen molar-refractivity contribution in [2.45, 2.75) is 130 Å². The molecule has 4 heterocycles. The molecular formula is C29H54N4. The summed E-state index contributed by atoms with van der Waals surface area (Å²) in [6.07, 6.45) is 22.0. The molecule has 0 N–H and O–H groups in total. The predicted molar refractivity (Wildman–Crippen MR) is 145 cm³/mol. The van der Waals surface area contributed by atoms with E-state index in [0.29, 0.717) is 0 Å². The predicted octanol–water partition coefficient (Wildman–Crippen LogP) is 7.33. The van der Waals surface area contributed by atoms with Gasteiger partial charge in [-0.2, -0.15) is 0 Å². The second-order valence-electron chi connectivity index (χ2n) is 11.2. The van der Waals surface area contributed by atoms with Crippen LogP contribution < -0.4 is 0 Å². The van der Waals surface area contributed by atoms with Crippen LogP contribution in [0.25, 0.3) is 0 Å². The van der Waals surface area contributed by atoms with Crippen LogP contribution in [0.3, 0.4) is 0 Å². The molecule has 0 spiro atoms. The summed E-state index contributed by atoms with van der Waals surface area (Å²) in [4.78, 5) is 14.7. The van der Waals surface area contributed by atoms with Crippen LogP contribution >= 0.6 is 0 Å². The summed E-state index contributed by atoms with van der Waals surface area (Å²) >= 11 is 0. The Hall–Kier alpha value is -1.06. The van der Waals surface area contributed by atoms with Gasteiger partial charge in [0, 0.05) is 51.1 Å². The van der Waals surface area contributed by atoms with E-state index in [9.17, 15) is 0 Å². The fraction of sp³-hybridized carbons (Fsp3) is 0.931. The first kappa shape index (κ1) is 26.5. The van der Waals surface area contributed by atoms with E-state index in [0.717, 1.165) is 31.0 Å². The van der Waals surface area contributed by atoms with Crippen molar-refractivity contribution in [3.63, 3.8) is 0 Å². The van der Waals surface area contributed by atoms with Crippen molar-refractivity contribution < 1.29 is 0 Å². The molecule has 0 radical (unpaired) electrons. The number of fused-ring (bicyclic) bond motifs is 2. The second-order valence-corrected chi connectivity index (χ2v) is 11.2. The number of unbranched alkanes of at least 4 members (excludes halogenated alkanes) is 6. The smallest absolute Gasteiger partial charge is 0.102 e. The topological polar surface area (TPSA) is 31.2 Å². The summed E-state index contributed by atoms with van der Waals surface area (Å²) in [6, 6.07) is 0.816. The Morgan fingerprint density at radius 1 is 0.818 bits per heavy atom. The molecule has 0 amide bonds. The molecule has 0 aromatic heterocycles. The van der Waals surface area contributed by atoms with Gasteiger partial charge in [-0.3, -0.25) is 9.98 Å². The molecule has 2 saturated heterocycles. The lowest BCUT2D eigenvalue weighted by Crippen LogP contribution is -2.43. The minimum Gasteiger partial charge on any atom is -0.360 e. The van der Waals surface area contributed by atoms with E-state index in [1.165, 1.54) is 134 Å². The number of aliphatic imine (C=N–C) groups is 2. The molecule has 4 aliphatic rings. The Bertz CT molecular complexity index is 598. The zero-order chi connectivity index (χ0) is 23.3. The lowest BCUT2D eigenvalue weighted by molar-refractivity contribution is 0.260. The maximum absolute atomic E-state index is 4.77. The highest BCUT2D eigenvalue weighted by atomic mass is 15.2. The average molecular weight is 459 g/mol. The number of nitrogens with zero attached hydrogens (tertiary/aromatic N) is 4. The lowest BCUT2D eigenvalue weighted by atomic mass is 9.99. The molecule has 2 fully saturated rings. The van der Waals surface area contributed by atoms with Crippen molar-refractivity contribution in [2.75, 3.05) is 32.7 Å². The highest BCUT2D eigenvalue weighted by Gasteiger charge is 2.31. The molecule has 0 aromatic rings. The van der Waals surface area contributed by atoms with E-state index < -0.39 is 0 Å². The van der Waals surface area contributed by atoms with Gasteiger partial charge < -0.3 is 9.80 Å². The number of rotatable bonds is 10. The van der Waals surface area contributed by atoms with E-state index in [1.54, 1.807) is 0 Å². The first-order chi connectivity index (χ1) is 16.2. The molecule has 4 heteroatoms. The van der Waals surface area contributed by atoms with E-state index in [2.05, 4.69) is 30.6 Å². The molecule has 0 aliphatic carbocycles. The van der Waals surface area contributed by atoms with Crippen LogP contribution in [0.4, 0.5) is 0 Å². The molecule has 4 rings (SSSR count). The third-order valence-electron chi connectivity index (χ3n) is 8.16. The Kier molecular flexibility index (Phi) is 12.1. The summed E-state index contributed by atoms with van der Waals surface area (Å²) in [5.74, 6) is 4.45. The summed E-state index contributed by atoms with van der Waals surface area (Å²) in [7, 11) is 0. The monoisotopic (exact) mass is 458 g/mol. The minimum absolute atomic E-state index is 0.767. The molecule has 3 unspecified atom stereocenters. The normalized spacial score (nSPS) is 27.1. The van der Waals surface area contributed by atoms with Crippen molar-refractivity contribution in [3.8, 4) is 0 Å². The maximum Gasteiger partial charge on any atom is 0.102 e. The van der Waals surface area contributed by atoms with Gasteiger partial charge >= 0.3 is 0 Å². The van der Waals surface area contributed by atoms with Crippen LogP contribution in [-0.2, 0) is 0 Å². The van der Waals surface area contributed by atoms with Crippen LogP contribution in [0.2, 0.25) is 0 Å². The van der Waals surface area contributed by atoms with Gasteiger partial charge in [-0.25, -0.2) is 0 Å². The lowest BCUT2D eigenvalue weighted by Gasteiger charge is -2.36. The molecule has 3 atom stereocenters. The summed E-state index contributed by atoms with van der Waals surface area (Å²) in [5, 5.41) is 0. The van der Waals surface area contributed by atoms with E-state index >= 15 is 0 Å². The summed E-state index contributed by atoms with van der Waals surface area (Å²) in [6.45, 7) is 12.8. The van der Waals surface area contributed by atoms with Crippen LogP contribution in [0.5, 0.6) is 0 Å². The Morgan fingerprint density at radius 2 is 1.64 bits per heavy atom. The largest absolute Gasteiger partial charge is 0.360 e. The highest BCUT2D eigenvalue weighted by Crippen LogP contribution is 2.28. The van der Waals surface area contributed by atoms with Gasteiger partial charge in [-0.05, 0) is 44.4 Å². The van der Waals surface area contributed by atoms with Crippen molar-refractivity contribution in [1.82, 2.24) is 9.80 Å². The SMILES string of the molecule is CCCCC1CCN2CC(C)CN=C12.CCCCCCCCC1CCN=C2CCCCCN21. The zero-order valence-corrected chi connectivity index (χ0v) is 22.4. The Morgan fingerprint density at radius 3 is 2.48 bits per heavy atom. The maximum atomic E-state index is 4.77. The molecule has 4 aliphatic heterocycles. The first-order valence-electron chi connectivity index (χ1n) is 14.8. The number of hydrogen-bond acceptors (Lipinski definition) is 4. The van der Waals surface area contributed by atoms with Crippen LogP contribution in [0, 0.1) is 11.8 Å². The fourth-order valence-electron chi connectivity index (χ4n) is 6.17. The van der Waals surface area contributed by atoms with Gasteiger partial charge in [0.15, 0.2) is 0 Å². The Balaban J connectivity index is 0.000000194.